The van der Waals surface area contributed by atoms with E-state index in [-0.39, 0.29) is 5.75 Å². The first-order valence-electron chi connectivity index (χ1n) is 9.33. The summed E-state index contributed by atoms with van der Waals surface area (Å²) in [6.07, 6.45) is 1.43. The van der Waals surface area contributed by atoms with Gasteiger partial charge in [-0.2, -0.15) is 0 Å². The molecule has 3 aromatic carbocycles. The van der Waals surface area contributed by atoms with Crippen LogP contribution in [0.3, 0.4) is 0 Å². The van der Waals surface area contributed by atoms with Crippen molar-refractivity contribution in [2.24, 2.45) is 0 Å². The van der Waals surface area contributed by atoms with Crippen molar-refractivity contribution in [1.82, 2.24) is 0 Å². The molecule has 1 nitrogen and oxygen atoms in total. The lowest BCUT2D eigenvalue weighted by atomic mass is 9.98. The first-order valence-corrected chi connectivity index (χ1v) is 9.33. The molecule has 3 rings (SSSR count). The van der Waals surface area contributed by atoms with Gasteiger partial charge in [0.2, 0.25) is 0 Å². The van der Waals surface area contributed by atoms with Crippen LogP contribution < -0.4 is 4.74 Å². The molecule has 0 saturated heterocycles. The summed E-state index contributed by atoms with van der Waals surface area (Å²) in [6, 6.07) is 18.6. The summed E-state index contributed by atoms with van der Waals surface area (Å²) in [7, 11) is 0. The van der Waals surface area contributed by atoms with E-state index in [2.05, 4.69) is 42.0 Å². The molecule has 3 aromatic rings. The van der Waals surface area contributed by atoms with E-state index in [0.29, 0.717) is 0 Å². The van der Waals surface area contributed by atoms with E-state index in [0.717, 1.165) is 22.9 Å². The van der Waals surface area contributed by atoms with Crippen molar-refractivity contribution in [3.05, 3.63) is 66.2 Å². The molecule has 0 saturated carbocycles. The summed E-state index contributed by atoms with van der Waals surface area (Å²) in [6.45, 7) is 2.21. The highest BCUT2D eigenvalue weighted by Crippen LogP contribution is 2.29. The second kappa shape index (κ2) is 8.47. The predicted molar refractivity (Wildman–Crippen MR) is 104 cm³/mol. The fraction of sp³-hybridized carbons (Fsp3) is 0.304. The highest BCUT2D eigenvalue weighted by molar-refractivity contribution is 5.87. The fourth-order valence-electron chi connectivity index (χ4n) is 3.24. The minimum atomic E-state index is -4.67. The quantitative estimate of drug-likeness (QED) is 0.390. The Morgan fingerprint density at radius 2 is 1.41 bits per heavy atom. The van der Waals surface area contributed by atoms with Crippen LogP contribution in [0.15, 0.2) is 60.7 Å². The van der Waals surface area contributed by atoms with Gasteiger partial charge in [0.1, 0.15) is 5.75 Å². The monoisotopic (exact) mass is 372 g/mol. The average Bonchev–Trinajstić information content (AvgIpc) is 2.64. The van der Waals surface area contributed by atoms with Crippen molar-refractivity contribution in [2.45, 2.75) is 45.4 Å². The SMILES string of the molecule is CCCCCCc1ccc2cc(-c3ccc(OC(F)(F)F)cc3)ccc2c1. The van der Waals surface area contributed by atoms with Gasteiger partial charge in [0.25, 0.3) is 0 Å². The molecule has 0 amide bonds. The molecule has 0 unspecified atom stereocenters. The van der Waals surface area contributed by atoms with E-state index in [1.807, 2.05) is 6.07 Å². The van der Waals surface area contributed by atoms with Gasteiger partial charge in [0.15, 0.2) is 0 Å². The van der Waals surface area contributed by atoms with Crippen LogP contribution in [0.25, 0.3) is 21.9 Å². The normalized spacial score (nSPS) is 11.7. The zero-order valence-corrected chi connectivity index (χ0v) is 15.4. The molecule has 0 aliphatic rings. The molecule has 0 N–H and O–H groups in total. The Kier molecular flexibility index (Phi) is 6.04. The van der Waals surface area contributed by atoms with Gasteiger partial charge in [-0.1, -0.05) is 68.7 Å². The van der Waals surface area contributed by atoms with Crippen LogP contribution in [-0.2, 0) is 6.42 Å². The fourth-order valence-corrected chi connectivity index (χ4v) is 3.24. The molecule has 0 spiro atoms. The molecule has 27 heavy (non-hydrogen) atoms. The first kappa shape index (κ1) is 19.3. The lowest BCUT2D eigenvalue weighted by Crippen LogP contribution is -2.16. The lowest BCUT2D eigenvalue weighted by Gasteiger charge is -2.10. The standard InChI is InChI=1S/C23H23F3O/c1-2-3-4-5-6-17-7-8-21-16-20(10-9-19(21)15-17)18-11-13-22(14-12-18)27-23(24,25)26/h7-16H,2-6H2,1H3. The van der Waals surface area contributed by atoms with Crippen molar-refractivity contribution >= 4 is 10.8 Å². The first-order chi connectivity index (χ1) is 12.9. The number of unbranched alkanes of at least 4 members (excludes halogenated alkanes) is 3. The zero-order chi connectivity index (χ0) is 19.3. The minimum Gasteiger partial charge on any atom is -0.406 e. The topological polar surface area (TPSA) is 9.23 Å². The van der Waals surface area contributed by atoms with Crippen LogP contribution in [0.4, 0.5) is 13.2 Å². The van der Waals surface area contributed by atoms with Crippen molar-refractivity contribution in [3.8, 4) is 16.9 Å². The number of alkyl halides is 3. The molecular weight excluding hydrogens is 349 g/mol. The van der Waals surface area contributed by atoms with E-state index in [9.17, 15) is 13.2 Å². The number of rotatable bonds is 7. The number of fused-ring (bicyclic) bond motifs is 1. The van der Waals surface area contributed by atoms with Gasteiger partial charge in [0, 0.05) is 0 Å². The zero-order valence-electron chi connectivity index (χ0n) is 15.4. The van der Waals surface area contributed by atoms with Gasteiger partial charge in [-0.25, -0.2) is 0 Å². The van der Waals surface area contributed by atoms with Crippen LogP contribution in [0, 0.1) is 0 Å². The Balaban J connectivity index is 1.74. The minimum absolute atomic E-state index is 0.209. The third-order valence-electron chi connectivity index (χ3n) is 4.64. The molecule has 0 fully saturated rings. The maximum absolute atomic E-state index is 12.3. The lowest BCUT2D eigenvalue weighted by molar-refractivity contribution is -0.274. The van der Waals surface area contributed by atoms with Crippen molar-refractivity contribution in [2.75, 3.05) is 0 Å². The van der Waals surface area contributed by atoms with Gasteiger partial charge in [-0.3, -0.25) is 0 Å². The van der Waals surface area contributed by atoms with E-state index in [1.165, 1.54) is 48.8 Å². The van der Waals surface area contributed by atoms with Crippen LogP contribution in [-0.4, -0.2) is 6.36 Å². The Morgan fingerprint density at radius 3 is 2.11 bits per heavy atom. The predicted octanol–water partition coefficient (Wildman–Crippen LogP) is 7.53. The highest BCUT2D eigenvalue weighted by Gasteiger charge is 2.30. The molecule has 142 valence electrons. The van der Waals surface area contributed by atoms with Gasteiger partial charge in [-0.05, 0) is 58.5 Å². The van der Waals surface area contributed by atoms with Crippen LogP contribution in [0.1, 0.15) is 38.2 Å². The van der Waals surface area contributed by atoms with Crippen LogP contribution in [0.5, 0.6) is 5.75 Å². The summed E-state index contributed by atoms with van der Waals surface area (Å²) in [5.41, 5.74) is 3.17. The Hall–Kier alpha value is -2.49. The maximum Gasteiger partial charge on any atom is 0.573 e. The van der Waals surface area contributed by atoms with Crippen molar-refractivity contribution in [1.29, 1.82) is 0 Å². The summed E-state index contributed by atoms with van der Waals surface area (Å²) in [5.74, 6) is -0.209. The Labute approximate surface area is 157 Å². The van der Waals surface area contributed by atoms with Crippen molar-refractivity contribution < 1.29 is 17.9 Å². The number of hydrogen-bond donors (Lipinski definition) is 0. The number of halogens is 3. The third-order valence-corrected chi connectivity index (χ3v) is 4.64. The van der Waals surface area contributed by atoms with E-state index in [4.69, 9.17) is 0 Å². The van der Waals surface area contributed by atoms with Crippen LogP contribution >= 0.6 is 0 Å². The second-order valence-corrected chi connectivity index (χ2v) is 6.78. The summed E-state index contributed by atoms with van der Waals surface area (Å²) in [5, 5.41) is 2.31. The number of hydrogen-bond acceptors (Lipinski definition) is 1. The largest absolute Gasteiger partial charge is 0.573 e. The highest BCUT2D eigenvalue weighted by atomic mass is 19.4. The van der Waals surface area contributed by atoms with Gasteiger partial charge in [0.05, 0.1) is 0 Å². The van der Waals surface area contributed by atoms with Gasteiger partial charge < -0.3 is 4.74 Å². The van der Waals surface area contributed by atoms with E-state index < -0.39 is 6.36 Å². The molecule has 0 heterocycles. The number of benzene rings is 3. The molecule has 0 aliphatic carbocycles. The molecule has 0 atom stereocenters. The van der Waals surface area contributed by atoms with Gasteiger partial charge >= 0.3 is 6.36 Å². The second-order valence-electron chi connectivity index (χ2n) is 6.78. The molecular formula is C23H23F3O. The molecule has 0 aromatic heterocycles. The molecule has 4 heteroatoms. The Morgan fingerprint density at radius 1 is 0.741 bits per heavy atom. The molecule has 0 radical (unpaired) electrons. The molecule has 0 bridgehead atoms. The van der Waals surface area contributed by atoms with Gasteiger partial charge in [-0.15, -0.1) is 13.2 Å². The van der Waals surface area contributed by atoms with Crippen molar-refractivity contribution in [3.63, 3.8) is 0 Å². The number of aryl methyl sites for hydroxylation is 1. The van der Waals surface area contributed by atoms with E-state index >= 15 is 0 Å². The smallest absolute Gasteiger partial charge is 0.406 e. The number of ether oxygens (including phenoxy) is 1. The third kappa shape index (κ3) is 5.49. The summed E-state index contributed by atoms with van der Waals surface area (Å²) in [4.78, 5) is 0. The summed E-state index contributed by atoms with van der Waals surface area (Å²) < 4.78 is 40.7. The maximum atomic E-state index is 12.3. The average molecular weight is 372 g/mol. The Bertz CT molecular complexity index is 882. The van der Waals surface area contributed by atoms with Crippen LogP contribution in [0.2, 0.25) is 0 Å². The molecule has 0 aliphatic heterocycles. The summed E-state index contributed by atoms with van der Waals surface area (Å²) >= 11 is 0. The van der Waals surface area contributed by atoms with E-state index in [1.54, 1.807) is 12.1 Å².